The third kappa shape index (κ3) is 4.11. The highest BCUT2D eigenvalue weighted by molar-refractivity contribution is 5.80. The van der Waals surface area contributed by atoms with Crippen molar-refractivity contribution in [1.82, 2.24) is 15.1 Å². The van der Waals surface area contributed by atoms with Gasteiger partial charge in [0, 0.05) is 33.7 Å². The SMILES string of the molecule is CNC(=O)C(C)CN(C)C(=O)N1CCCC(C(=O)O)C1. The summed E-state index contributed by atoms with van der Waals surface area (Å²) in [5, 5.41) is 11.6. The minimum atomic E-state index is -0.858. The first-order chi connectivity index (χ1) is 9.36. The molecule has 0 aromatic rings. The number of nitrogens with one attached hydrogen (secondary N) is 1. The van der Waals surface area contributed by atoms with Crippen LogP contribution in [-0.2, 0) is 9.59 Å². The number of carboxylic acid groups (broad SMARTS) is 1. The summed E-state index contributed by atoms with van der Waals surface area (Å²) in [5.74, 6) is -1.76. The van der Waals surface area contributed by atoms with Gasteiger partial charge in [-0.05, 0) is 12.8 Å². The number of likely N-dealkylation sites (tertiary alicyclic amines) is 1. The second-order valence-corrected chi connectivity index (χ2v) is 5.30. The molecule has 0 spiro atoms. The predicted octanol–water partition coefficient (Wildman–Crippen LogP) is 0.217. The molecule has 1 fully saturated rings. The lowest BCUT2D eigenvalue weighted by Crippen LogP contribution is -2.49. The van der Waals surface area contributed by atoms with Crippen LogP contribution in [0.2, 0.25) is 0 Å². The van der Waals surface area contributed by atoms with Gasteiger partial charge < -0.3 is 20.2 Å². The Morgan fingerprint density at radius 2 is 2.10 bits per heavy atom. The van der Waals surface area contributed by atoms with Crippen LogP contribution in [0.4, 0.5) is 4.79 Å². The van der Waals surface area contributed by atoms with Crippen LogP contribution in [0.3, 0.4) is 0 Å². The predicted molar refractivity (Wildman–Crippen MR) is 73.2 cm³/mol. The number of carbonyl (C=O) groups excluding carboxylic acids is 2. The number of rotatable bonds is 4. The van der Waals surface area contributed by atoms with Crippen LogP contribution in [0.1, 0.15) is 19.8 Å². The first kappa shape index (κ1) is 16.3. The van der Waals surface area contributed by atoms with Crippen LogP contribution in [0.5, 0.6) is 0 Å². The van der Waals surface area contributed by atoms with Crippen molar-refractivity contribution in [3.8, 4) is 0 Å². The van der Waals surface area contributed by atoms with E-state index in [9.17, 15) is 14.4 Å². The van der Waals surface area contributed by atoms with Crippen molar-refractivity contribution in [2.75, 3.05) is 33.7 Å². The van der Waals surface area contributed by atoms with Gasteiger partial charge in [-0.3, -0.25) is 9.59 Å². The molecule has 1 heterocycles. The molecule has 0 aromatic carbocycles. The maximum atomic E-state index is 12.2. The largest absolute Gasteiger partial charge is 0.481 e. The molecule has 0 saturated carbocycles. The van der Waals surface area contributed by atoms with Gasteiger partial charge in [0.1, 0.15) is 0 Å². The summed E-state index contributed by atoms with van der Waals surface area (Å²) in [7, 11) is 3.19. The summed E-state index contributed by atoms with van der Waals surface area (Å²) in [4.78, 5) is 37.7. The zero-order valence-corrected chi connectivity index (χ0v) is 12.3. The molecule has 7 heteroatoms. The van der Waals surface area contributed by atoms with Gasteiger partial charge in [0.2, 0.25) is 5.91 Å². The molecule has 0 aliphatic carbocycles. The lowest BCUT2D eigenvalue weighted by Gasteiger charge is -2.34. The minimum Gasteiger partial charge on any atom is -0.481 e. The van der Waals surface area contributed by atoms with Crippen molar-refractivity contribution in [2.24, 2.45) is 11.8 Å². The summed E-state index contributed by atoms with van der Waals surface area (Å²) < 4.78 is 0. The number of amides is 3. The summed E-state index contributed by atoms with van der Waals surface area (Å²) in [6.07, 6.45) is 1.30. The Morgan fingerprint density at radius 1 is 1.45 bits per heavy atom. The van der Waals surface area contributed by atoms with E-state index >= 15 is 0 Å². The fraction of sp³-hybridized carbons (Fsp3) is 0.769. The minimum absolute atomic E-state index is 0.119. The molecule has 2 atom stereocenters. The Bertz CT molecular complexity index is 386. The average Bonchev–Trinajstić information content (AvgIpc) is 2.45. The van der Waals surface area contributed by atoms with Crippen LogP contribution < -0.4 is 5.32 Å². The monoisotopic (exact) mass is 285 g/mol. The van der Waals surface area contributed by atoms with Gasteiger partial charge in [-0.2, -0.15) is 0 Å². The number of nitrogens with zero attached hydrogens (tertiary/aromatic N) is 2. The highest BCUT2D eigenvalue weighted by atomic mass is 16.4. The molecule has 0 bridgehead atoms. The highest BCUT2D eigenvalue weighted by Crippen LogP contribution is 2.18. The van der Waals surface area contributed by atoms with Crippen molar-refractivity contribution in [2.45, 2.75) is 19.8 Å². The second kappa shape index (κ2) is 7.12. The highest BCUT2D eigenvalue weighted by Gasteiger charge is 2.30. The molecule has 20 heavy (non-hydrogen) atoms. The maximum absolute atomic E-state index is 12.2. The topological polar surface area (TPSA) is 90.0 Å². The van der Waals surface area contributed by atoms with Crippen molar-refractivity contribution in [1.29, 1.82) is 0 Å². The lowest BCUT2D eigenvalue weighted by atomic mass is 9.98. The molecule has 114 valence electrons. The van der Waals surface area contributed by atoms with Crippen molar-refractivity contribution in [3.05, 3.63) is 0 Å². The van der Waals surface area contributed by atoms with E-state index in [1.807, 2.05) is 0 Å². The molecule has 7 nitrogen and oxygen atoms in total. The Morgan fingerprint density at radius 3 is 2.65 bits per heavy atom. The van der Waals surface area contributed by atoms with Gasteiger partial charge >= 0.3 is 12.0 Å². The Hall–Kier alpha value is -1.79. The van der Waals surface area contributed by atoms with E-state index in [2.05, 4.69) is 5.32 Å². The molecule has 1 aliphatic rings. The van der Waals surface area contributed by atoms with E-state index in [-0.39, 0.29) is 24.4 Å². The van der Waals surface area contributed by atoms with Gasteiger partial charge in [-0.1, -0.05) is 6.92 Å². The molecule has 2 N–H and O–H groups in total. The van der Waals surface area contributed by atoms with E-state index in [4.69, 9.17) is 5.11 Å². The zero-order valence-electron chi connectivity index (χ0n) is 12.3. The van der Waals surface area contributed by atoms with Gasteiger partial charge in [0.25, 0.3) is 0 Å². The molecule has 0 aromatic heterocycles. The number of carboxylic acids is 1. The molecule has 3 amide bonds. The van der Waals surface area contributed by atoms with Crippen molar-refractivity contribution in [3.63, 3.8) is 0 Å². The normalized spacial score (nSPS) is 20.1. The molecule has 1 aliphatic heterocycles. The van der Waals surface area contributed by atoms with Gasteiger partial charge in [0.05, 0.1) is 11.8 Å². The molecule has 0 radical (unpaired) electrons. The van der Waals surface area contributed by atoms with E-state index in [0.29, 0.717) is 25.9 Å². The zero-order chi connectivity index (χ0) is 15.3. The van der Waals surface area contributed by atoms with E-state index in [0.717, 1.165) is 0 Å². The first-order valence-electron chi connectivity index (χ1n) is 6.81. The summed E-state index contributed by atoms with van der Waals surface area (Å²) in [6.45, 7) is 2.87. The summed E-state index contributed by atoms with van der Waals surface area (Å²) >= 11 is 0. The Labute approximate surface area is 118 Å². The number of carbonyl (C=O) groups is 3. The van der Waals surface area contributed by atoms with E-state index in [1.165, 1.54) is 4.90 Å². The fourth-order valence-corrected chi connectivity index (χ4v) is 2.41. The average molecular weight is 285 g/mol. The number of aliphatic carboxylic acids is 1. The van der Waals surface area contributed by atoms with Crippen LogP contribution in [0, 0.1) is 11.8 Å². The summed E-state index contributed by atoms with van der Waals surface area (Å²) in [5.41, 5.74) is 0. The van der Waals surface area contributed by atoms with Crippen LogP contribution in [0.15, 0.2) is 0 Å². The summed E-state index contributed by atoms with van der Waals surface area (Å²) in [6, 6.07) is -0.216. The number of urea groups is 1. The third-order valence-corrected chi connectivity index (χ3v) is 3.61. The molecular formula is C13H23N3O4. The fourth-order valence-electron chi connectivity index (χ4n) is 2.41. The maximum Gasteiger partial charge on any atom is 0.319 e. The number of hydrogen-bond donors (Lipinski definition) is 2. The smallest absolute Gasteiger partial charge is 0.319 e. The van der Waals surface area contributed by atoms with Gasteiger partial charge in [-0.25, -0.2) is 4.79 Å². The lowest BCUT2D eigenvalue weighted by molar-refractivity contribution is -0.143. The number of hydrogen-bond acceptors (Lipinski definition) is 3. The van der Waals surface area contributed by atoms with Crippen LogP contribution in [-0.4, -0.2) is 66.5 Å². The standard InChI is InChI=1S/C13H23N3O4/c1-9(11(17)14-2)7-15(3)13(20)16-6-4-5-10(8-16)12(18)19/h9-10H,4-8H2,1-3H3,(H,14,17)(H,18,19). The van der Waals surface area contributed by atoms with Crippen molar-refractivity contribution < 1.29 is 19.5 Å². The first-order valence-corrected chi connectivity index (χ1v) is 6.81. The Kier molecular flexibility index (Phi) is 5.79. The molecular weight excluding hydrogens is 262 g/mol. The molecule has 1 saturated heterocycles. The van der Waals surface area contributed by atoms with Crippen molar-refractivity contribution >= 4 is 17.9 Å². The number of piperidine rings is 1. The van der Waals surface area contributed by atoms with E-state index < -0.39 is 11.9 Å². The van der Waals surface area contributed by atoms with Gasteiger partial charge in [0.15, 0.2) is 0 Å². The van der Waals surface area contributed by atoms with Crippen LogP contribution >= 0.6 is 0 Å². The second-order valence-electron chi connectivity index (χ2n) is 5.30. The molecule has 2 unspecified atom stereocenters. The van der Waals surface area contributed by atoms with Gasteiger partial charge in [-0.15, -0.1) is 0 Å². The molecule has 1 rings (SSSR count). The van der Waals surface area contributed by atoms with Crippen LogP contribution in [0.25, 0.3) is 0 Å². The quantitative estimate of drug-likeness (QED) is 0.773. The third-order valence-electron chi connectivity index (χ3n) is 3.61. The Balaban J connectivity index is 2.55. The van der Waals surface area contributed by atoms with E-state index in [1.54, 1.807) is 25.9 Å².